The zero-order chi connectivity index (χ0) is 12.9. The first-order chi connectivity index (χ1) is 7.87. The SMILES string of the molecule is CC(C)(C)OC(=O)NCCNCC1CC(O)C1. The Balaban J connectivity index is 1.92. The Labute approximate surface area is 103 Å². The molecular weight excluding hydrogens is 220 g/mol. The fourth-order valence-corrected chi connectivity index (χ4v) is 1.74. The van der Waals surface area contributed by atoms with Crippen LogP contribution >= 0.6 is 0 Å². The maximum Gasteiger partial charge on any atom is 0.407 e. The summed E-state index contributed by atoms with van der Waals surface area (Å²) in [6, 6.07) is 0. The molecule has 1 aliphatic rings. The Hall–Kier alpha value is -0.810. The second-order valence-corrected chi connectivity index (χ2v) is 5.62. The number of carbonyl (C=O) groups is 1. The molecule has 1 fully saturated rings. The Morgan fingerprint density at radius 1 is 1.35 bits per heavy atom. The second kappa shape index (κ2) is 6.21. The zero-order valence-corrected chi connectivity index (χ0v) is 11.0. The summed E-state index contributed by atoms with van der Waals surface area (Å²) < 4.78 is 5.10. The van der Waals surface area contributed by atoms with E-state index in [2.05, 4.69) is 10.6 Å². The molecule has 100 valence electrons. The molecular formula is C12H24N2O3. The van der Waals surface area contributed by atoms with E-state index in [4.69, 9.17) is 9.84 Å². The minimum Gasteiger partial charge on any atom is -0.444 e. The predicted octanol–water partition coefficient (Wildman–Crippen LogP) is 0.872. The molecule has 0 unspecified atom stereocenters. The summed E-state index contributed by atoms with van der Waals surface area (Å²) in [6.07, 6.45) is 1.32. The first-order valence-electron chi connectivity index (χ1n) is 6.22. The lowest BCUT2D eigenvalue weighted by Gasteiger charge is -2.31. The third-order valence-corrected chi connectivity index (χ3v) is 2.61. The monoisotopic (exact) mass is 244 g/mol. The van der Waals surface area contributed by atoms with Crippen molar-refractivity contribution in [3.05, 3.63) is 0 Å². The molecule has 0 saturated heterocycles. The van der Waals surface area contributed by atoms with E-state index in [9.17, 15) is 4.79 Å². The normalized spacial score (nSPS) is 24.0. The number of hydrogen-bond donors (Lipinski definition) is 3. The summed E-state index contributed by atoms with van der Waals surface area (Å²) >= 11 is 0. The molecule has 0 spiro atoms. The molecule has 17 heavy (non-hydrogen) atoms. The highest BCUT2D eigenvalue weighted by Crippen LogP contribution is 2.25. The van der Waals surface area contributed by atoms with Gasteiger partial charge >= 0.3 is 6.09 Å². The van der Waals surface area contributed by atoms with Gasteiger partial charge < -0.3 is 20.5 Å². The first kappa shape index (κ1) is 14.3. The number of amides is 1. The fourth-order valence-electron chi connectivity index (χ4n) is 1.74. The molecule has 0 aromatic heterocycles. The van der Waals surface area contributed by atoms with Crippen molar-refractivity contribution in [2.75, 3.05) is 19.6 Å². The van der Waals surface area contributed by atoms with Gasteiger partial charge in [0.25, 0.3) is 0 Å². The molecule has 0 aromatic rings. The van der Waals surface area contributed by atoms with Crippen LogP contribution in [0.1, 0.15) is 33.6 Å². The molecule has 0 atom stereocenters. The second-order valence-electron chi connectivity index (χ2n) is 5.62. The number of nitrogens with one attached hydrogen (secondary N) is 2. The highest BCUT2D eigenvalue weighted by Gasteiger charge is 2.26. The van der Waals surface area contributed by atoms with E-state index in [1.165, 1.54) is 0 Å². The summed E-state index contributed by atoms with van der Waals surface area (Å²) in [5.74, 6) is 0.589. The van der Waals surface area contributed by atoms with E-state index < -0.39 is 5.60 Å². The van der Waals surface area contributed by atoms with Crippen LogP contribution in [0.5, 0.6) is 0 Å². The van der Waals surface area contributed by atoms with Gasteiger partial charge in [-0.25, -0.2) is 4.79 Å². The lowest BCUT2D eigenvalue weighted by molar-refractivity contribution is 0.0430. The van der Waals surface area contributed by atoms with Crippen LogP contribution in [0.2, 0.25) is 0 Å². The van der Waals surface area contributed by atoms with Gasteiger partial charge in [-0.05, 0) is 46.1 Å². The smallest absolute Gasteiger partial charge is 0.407 e. The van der Waals surface area contributed by atoms with Crippen molar-refractivity contribution in [1.82, 2.24) is 10.6 Å². The standard InChI is InChI=1S/C12H24N2O3/c1-12(2,3)17-11(16)14-5-4-13-8-9-6-10(15)7-9/h9-10,13,15H,4-8H2,1-3H3,(H,14,16). The van der Waals surface area contributed by atoms with E-state index >= 15 is 0 Å². The van der Waals surface area contributed by atoms with Gasteiger partial charge in [-0.15, -0.1) is 0 Å². The molecule has 0 aromatic carbocycles. The van der Waals surface area contributed by atoms with Crippen LogP contribution in [0.25, 0.3) is 0 Å². The minimum absolute atomic E-state index is 0.0957. The average molecular weight is 244 g/mol. The maximum absolute atomic E-state index is 11.3. The van der Waals surface area contributed by atoms with Crippen LogP contribution in [0, 0.1) is 5.92 Å². The Kier molecular flexibility index (Phi) is 5.21. The number of carbonyl (C=O) groups excluding carboxylic acids is 1. The highest BCUT2D eigenvalue weighted by molar-refractivity contribution is 5.67. The van der Waals surface area contributed by atoms with Crippen molar-refractivity contribution >= 4 is 6.09 Å². The summed E-state index contributed by atoms with van der Waals surface area (Å²) in [5, 5.41) is 15.0. The topological polar surface area (TPSA) is 70.6 Å². The summed E-state index contributed by atoms with van der Waals surface area (Å²) in [5.41, 5.74) is -0.445. The first-order valence-corrected chi connectivity index (χ1v) is 6.22. The lowest BCUT2D eigenvalue weighted by atomic mass is 9.82. The van der Waals surface area contributed by atoms with Gasteiger partial charge in [-0.2, -0.15) is 0 Å². The zero-order valence-electron chi connectivity index (χ0n) is 11.0. The van der Waals surface area contributed by atoms with E-state index in [0.29, 0.717) is 12.5 Å². The van der Waals surface area contributed by atoms with Crippen LogP contribution in [-0.2, 0) is 4.74 Å². The maximum atomic E-state index is 11.3. The van der Waals surface area contributed by atoms with E-state index in [1.807, 2.05) is 20.8 Å². The lowest BCUT2D eigenvalue weighted by Crippen LogP contribution is -2.40. The van der Waals surface area contributed by atoms with Crippen LogP contribution in [0.4, 0.5) is 4.79 Å². The van der Waals surface area contributed by atoms with Crippen LogP contribution in [0.3, 0.4) is 0 Å². The minimum atomic E-state index is -0.445. The molecule has 1 saturated carbocycles. The molecule has 0 aliphatic heterocycles. The van der Waals surface area contributed by atoms with E-state index in [1.54, 1.807) is 0 Å². The summed E-state index contributed by atoms with van der Waals surface area (Å²) in [7, 11) is 0. The van der Waals surface area contributed by atoms with Gasteiger partial charge in [0.15, 0.2) is 0 Å². The van der Waals surface area contributed by atoms with Crippen molar-refractivity contribution in [2.24, 2.45) is 5.92 Å². The number of hydrogen-bond acceptors (Lipinski definition) is 4. The van der Waals surface area contributed by atoms with Gasteiger partial charge in [0.05, 0.1) is 6.10 Å². The van der Waals surface area contributed by atoms with Crippen molar-refractivity contribution in [1.29, 1.82) is 0 Å². The molecule has 0 bridgehead atoms. The number of ether oxygens (including phenoxy) is 1. The molecule has 5 heteroatoms. The quantitative estimate of drug-likeness (QED) is 0.628. The largest absolute Gasteiger partial charge is 0.444 e. The predicted molar refractivity (Wildman–Crippen MR) is 65.8 cm³/mol. The van der Waals surface area contributed by atoms with Gasteiger partial charge in [0, 0.05) is 13.1 Å². The Bertz CT molecular complexity index is 245. The molecule has 0 radical (unpaired) electrons. The molecule has 0 heterocycles. The fraction of sp³-hybridized carbons (Fsp3) is 0.917. The Morgan fingerprint density at radius 2 is 2.00 bits per heavy atom. The summed E-state index contributed by atoms with van der Waals surface area (Å²) in [4.78, 5) is 11.3. The van der Waals surface area contributed by atoms with Crippen molar-refractivity contribution in [2.45, 2.75) is 45.3 Å². The highest BCUT2D eigenvalue weighted by atomic mass is 16.6. The Morgan fingerprint density at radius 3 is 2.53 bits per heavy atom. The molecule has 5 nitrogen and oxygen atoms in total. The number of aliphatic hydroxyl groups is 1. The van der Waals surface area contributed by atoms with Gasteiger partial charge in [-0.3, -0.25) is 0 Å². The van der Waals surface area contributed by atoms with Crippen LogP contribution in [-0.4, -0.2) is 42.5 Å². The average Bonchev–Trinajstić information content (AvgIpc) is 2.11. The third-order valence-electron chi connectivity index (χ3n) is 2.61. The van der Waals surface area contributed by atoms with E-state index in [0.717, 1.165) is 25.9 Å². The van der Waals surface area contributed by atoms with Crippen molar-refractivity contribution in [3.8, 4) is 0 Å². The third kappa shape index (κ3) is 6.48. The summed E-state index contributed by atoms with van der Waals surface area (Å²) in [6.45, 7) is 7.72. The molecule has 1 amide bonds. The molecule has 1 rings (SSSR count). The van der Waals surface area contributed by atoms with Crippen LogP contribution in [0.15, 0.2) is 0 Å². The number of aliphatic hydroxyl groups excluding tert-OH is 1. The van der Waals surface area contributed by atoms with Crippen LogP contribution < -0.4 is 10.6 Å². The molecule has 1 aliphatic carbocycles. The van der Waals surface area contributed by atoms with Gasteiger partial charge in [0.1, 0.15) is 5.60 Å². The van der Waals surface area contributed by atoms with Gasteiger partial charge in [0.2, 0.25) is 0 Å². The van der Waals surface area contributed by atoms with Crippen molar-refractivity contribution < 1.29 is 14.6 Å². The number of alkyl carbamates (subject to hydrolysis) is 1. The molecule has 3 N–H and O–H groups in total. The number of rotatable bonds is 5. The van der Waals surface area contributed by atoms with Crippen molar-refractivity contribution in [3.63, 3.8) is 0 Å². The van der Waals surface area contributed by atoms with E-state index in [-0.39, 0.29) is 12.2 Å². The van der Waals surface area contributed by atoms with Gasteiger partial charge in [-0.1, -0.05) is 0 Å².